The fourth-order valence-corrected chi connectivity index (χ4v) is 3.41. The lowest BCUT2D eigenvalue weighted by Gasteiger charge is -2.10. The van der Waals surface area contributed by atoms with E-state index in [4.69, 9.17) is 22.9 Å². The standard InChI is InChI=1S/C26H29N9O2/c1-16(34-35-26(29)30)17-6-4-8-19(14-17)23(36)31-12-13-32-24(37)20-9-5-7-18(15-20)21-10-2-3-11-22(21)33-25(27)28/h2-11,14-15H,12-13H2,1H3,(H,31,36)(H,32,37)(H4,27,28,33)(H4,29,30,35)/b34-16+. The van der Waals surface area contributed by atoms with Crippen LogP contribution in [0, 0.1) is 0 Å². The Morgan fingerprint density at radius 1 is 0.703 bits per heavy atom. The largest absolute Gasteiger partial charge is 0.370 e. The fourth-order valence-electron chi connectivity index (χ4n) is 3.41. The van der Waals surface area contributed by atoms with Gasteiger partial charge in [0.25, 0.3) is 11.8 Å². The van der Waals surface area contributed by atoms with Crippen molar-refractivity contribution in [1.82, 2.24) is 10.6 Å². The Morgan fingerprint density at radius 3 is 1.95 bits per heavy atom. The Kier molecular flexibility index (Phi) is 8.92. The first-order chi connectivity index (χ1) is 17.7. The Hall–Kier alpha value is -5.19. The Morgan fingerprint density at radius 2 is 1.30 bits per heavy atom. The van der Waals surface area contributed by atoms with Crippen LogP contribution in [0.3, 0.4) is 0 Å². The summed E-state index contributed by atoms with van der Waals surface area (Å²) >= 11 is 0. The third-order valence-corrected chi connectivity index (χ3v) is 5.14. The smallest absolute Gasteiger partial charge is 0.251 e. The summed E-state index contributed by atoms with van der Waals surface area (Å²) in [5, 5.41) is 13.1. The van der Waals surface area contributed by atoms with Crippen LogP contribution in [-0.2, 0) is 0 Å². The van der Waals surface area contributed by atoms with Gasteiger partial charge in [0, 0.05) is 29.8 Å². The molecule has 0 heterocycles. The summed E-state index contributed by atoms with van der Waals surface area (Å²) in [6.07, 6.45) is 0. The maximum Gasteiger partial charge on any atom is 0.251 e. The maximum absolute atomic E-state index is 12.7. The van der Waals surface area contributed by atoms with E-state index in [1.807, 2.05) is 24.3 Å². The summed E-state index contributed by atoms with van der Waals surface area (Å²) < 4.78 is 0. The van der Waals surface area contributed by atoms with Crippen LogP contribution in [0.25, 0.3) is 11.1 Å². The lowest BCUT2D eigenvalue weighted by molar-refractivity contribution is 0.0927. The second-order valence-corrected chi connectivity index (χ2v) is 7.94. The van der Waals surface area contributed by atoms with Crippen molar-refractivity contribution in [3.63, 3.8) is 0 Å². The van der Waals surface area contributed by atoms with Crippen molar-refractivity contribution in [3.05, 3.63) is 89.5 Å². The number of amides is 2. The number of carbonyl (C=O) groups is 2. The van der Waals surface area contributed by atoms with Crippen molar-refractivity contribution in [2.45, 2.75) is 6.92 Å². The van der Waals surface area contributed by atoms with Crippen LogP contribution in [0.1, 0.15) is 33.2 Å². The highest BCUT2D eigenvalue weighted by Crippen LogP contribution is 2.30. The number of nitrogens with one attached hydrogen (secondary N) is 2. The second-order valence-electron chi connectivity index (χ2n) is 7.94. The topological polar surface area (TPSA) is 199 Å². The highest BCUT2D eigenvalue weighted by Gasteiger charge is 2.11. The molecule has 0 atom stereocenters. The molecule has 10 N–H and O–H groups in total. The molecule has 3 aromatic carbocycles. The summed E-state index contributed by atoms with van der Waals surface area (Å²) in [5.74, 6) is -0.768. The monoisotopic (exact) mass is 499 g/mol. The normalized spacial score (nSPS) is 10.8. The van der Waals surface area contributed by atoms with Gasteiger partial charge in [-0.1, -0.05) is 42.5 Å². The van der Waals surface area contributed by atoms with Gasteiger partial charge in [-0.05, 0) is 48.4 Å². The molecule has 0 aromatic heterocycles. The molecule has 11 nitrogen and oxygen atoms in total. The van der Waals surface area contributed by atoms with Crippen molar-refractivity contribution < 1.29 is 9.59 Å². The van der Waals surface area contributed by atoms with E-state index in [0.29, 0.717) is 28.1 Å². The minimum Gasteiger partial charge on any atom is -0.370 e. The lowest BCUT2D eigenvalue weighted by Crippen LogP contribution is -2.34. The van der Waals surface area contributed by atoms with Gasteiger partial charge in [0.05, 0.1) is 11.4 Å². The van der Waals surface area contributed by atoms with Gasteiger partial charge in [-0.25, -0.2) is 4.99 Å². The number of nitrogens with zero attached hydrogens (tertiary/aromatic N) is 3. The molecule has 0 aliphatic rings. The van der Waals surface area contributed by atoms with Gasteiger partial charge < -0.3 is 33.6 Å². The number of guanidine groups is 2. The molecule has 0 aliphatic heterocycles. The van der Waals surface area contributed by atoms with E-state index in [1.165, 1.54) is 0 Å². The number of nitrogens with two attached hydrogens (primary N) is 4. The van der Waals surface area contributed by atoms with Gasteiger partial charge in [0.1, 0.15) is 0 Å². The number of hydrogen-bond donors (Lipinski definition) is 6. The number of hydrogen-bond acceptors (Lipinski definition) is 5. The van der Waals surface area contributed by atoms with Gasteiger partial charge >= 0.3 is 0 Å². The Bertz CT molecular complexity index is 1370. The van der Waals surface area contributed by atoms with E-state index in [9.17, 15) is 9.59 Å². The number of carbonyl (C=O) groups excluding carboxylic acids is 2. The SMILES string of the molecule is C/C(=N\N=C(N)N)c1cccc(C(=O)NCCNC(=O)c2cccc(-c3ccccc3N=C(N)N)c2)c1. The van der Waals surface area contributed by atoms with Crippen LogP contribution in [0.15, 0.2) is 88.0 Å². The number of benzene rings is 3. The van der Waals surface area contributed by atoms with Gasteiger partial charge in [-0.3, -0.25) is 9.59 Å². The van der Waals surface area contributed by atoms with Gasteiger partial charge in [-0.2, -0.15) is 5.10 Å². The second kappa shape index (κ2) is 12.5. The summed E-state index contributed by atoms with van der Waals surface area (Å²) in [4.78, 5) is 29.4. The summed E-state index contributed by atoms with van der Waals surface area (Å²) in [6, 6.07) is 21.4. The average Bonchev–Trinajstić information content (AvgIpc) is 2.89. The molecule has 0 spiro atoms. The van der Waals surface area contributed by atoms with Gasteiger partial charge in [-0.15, -0.1) is 5.10 Å². The molecule has 0 fully saturated rings. The van der Waals surface area contributed by atoms with Crippen molar-refractivity contribution >= 4 is 35.1 Å². The highest BCUT2D eigenvalue weighted by molar-refractivity contribution is 6.02. The molecule has 3 aromatic rings. The lowest BCUT2D eigenvalue weighted by atomic mass is 10.0. The van der Waals surface area contributed by atoms with E-state index in [-0.39, 0.29) is 36.8 Å². The molecule has 0 radical (unpaired) electrons. The van der Waals surface area contributed by atoms with Crippen molar-refractivity contribution in [2.24, 2.45) is 38.1 Å². The minimum atomic E-state index is -0.288. The minimum absolute atomic E-state index is 0.0515. The third kappa shape index (κ3) is 7.65. The molecular weight excluding hydrogens is 470 g/mol. The van der Waals surface area contributed by atoms with Crippen LogP contribution in [-0.4, -0.2) is 42.5 Å². The Labute approximate surface area is 214 Å². The molecule has 0 bridgehead atoms. The van der Waals surface area contributed by atoms with Crippen molar-refractivity contribution in [1.29, 1.82) is 0 Å². The van der Waals surface area contributed by atoms with Crippen LogP contribution < -0.4 is 33.6 Å². The summed E-state index contributed by atoms with van der Waals surface area (Å²) in [6.45, 7) is 2.21. The van der Waals surface area contributed by atoms with E-state index in [0.717, 1.165) is 11.1 Å². The molecule has 0 saturated heterocycles. The van der Waals surface area contributed by atoms with Crippen LogP contribution in [0.4, 0.5) is 5.69 Å². The Balaban J connectivity index is 1.59. The van der Waals surface area contributed by atoms with Crippen LogP contribution in [0.2, 0.25) is 0 Å². The van der Waals surface area contributed by atoms with Crippen LogP contribution in [0.5, 0.6) is 0 Å². The molecule has 0 aliphatic carbocycles. The zero-order chi connectivity index (χ0) is 26.8. The predicted molar refractivity (Wildman–Crippen MR) is 146 cm³/mol. The zero-order valence-electron chi connectivity index (χ0n) is 20.3. The molecule has 11 heteroatoms. The number of aliphatic imine (C=N–C) groups is 1. The zero-order valence-corrected chi connectivity index (χ0v) is 20.3. The summed E-state index contributed by atoms with van der Waals surface area (Å²) in [7, 11) is 0. The third-order valence-electron chi connectivity index (χ3n) is 5.14. The van der Waals surface area contributed by atoms with Gasteiger partial charge in [0.2, 0.25) is 5.96 Å². The number of rotatable bonds is 9. The molecule has 37 heavy (non-hydrogen) atoms. The van der Waals surface area contributed by atoms with Crippen LogP contribution >= 0.6 is 0 Å². The molecule has 3 rings (SSSR count). The molecular formula is C26H29N9O2. The first kappa shape index (κ1) is 26.4. The van der Waals surface area contributed by atoms with Crippen molar-refractivity contribution in [3.8, 4) is 11.1 Å². The van der Waals surface area contributed by atoms with E-state index >= 15 is 0 Å². The fraction of sp³-hybridized carbons (Fsp3) is 0.115. The maximum atomic E-state index is 12.7. The van der Waals surface area contributed by atoms with Gasteiger partial charge in [0.15, 0.2) is 5.96 Å². The van der Waals surface area contributed by atoms with E-state index in [1.54, 1.807) is 55.5 Å². The average molecular weight is 500 g/mol. The number of para-hydroxylation sites is 1. The first-order valence-corrected chi connectivity index (χ1v) is 11.3. The predicted octanol–water partition coefficient (Wildman–Crippen LogP) is 1.42. The van der Waals surface area contributed by atoms with Crippen molar-refractivity contribution in [2.75, 3.05) is 13.1 Å². The summed E-state index contributed by atoms with van der Waals surface area (Å²) in [5.41, 5.74) is 26.0. The highest BCUT2D eigenvalue weighted by atomic mass is 16.2. The molecule has 0 saturated carbocycles. The molecule has 190 valence electrons. The molecule has 2 amide bonds. The van der Waals surface area contributed by atoms with E-state index < -0.39 is 0 Å². The molecule has 0 unspecified atom stereocenters. The first-order valence-electron chi connectivity index (χ1n) is 11.3. The van der Waals surface area contributed by atoms with E-state index in [2.05, 4.69) is 25.8 Å². The quantitative estimate of drug-likeness (QED) is 0.111.